The summed E-state index contributed by atoms with van der Waals surface area (Å²) >= 11 is 1.63. The number of rotatable bonds is 6. The van der Waals surface area contributed by atoms with E-state index >= 15 is 0 Å². The summed E-state index contributed by atoms with van der Waals surface area (Å²) in [5.41, 5.74) is 2.89. The number of amides is 2. The molecule has 8 heteroatoms. The summed E-state index contributed by atoms with van der Waals surface area (Å²) in [6.45, 7) is 3.22. The molecule has 0 aliphatic carbocycles. The van der Waals surface area contributed by atoms with E-state index in [0.717, 1.165) is 17.9 Å². The summed E-state index contributed by atoms with van der Waals surface area (Å²) in [5, 5.41) is 10.7. The number of hydrogen-bond acceptors (Lipinski definition) is 5. The van der Waals surface area contributed by atoms with Gasteiger partial charge in [-0.15, -0.1) is 21.5 Å². The van der Waals surface area contributed by atoms with Crippen LogP contribution in [-0.4, -0.2) is 50.8 Å². The van der Waals surface area contributed by atoms with Crippen LogP contribution in [0.5, 0.6) is 0 Å². The molecule has 7 nitrogen and oxygen atoms in total. The fraction of sp³-hybridized carbons (Fsp3) is 0.538. The third kappa shape index (κ3) is 4.25. The number of likely N-dealkylation sites (N-methyl/N-ethyl adjacent to an activating group) is 1. The first kappa shape index (κ1) is 15.4. The highest BCUT2D eigenvalue weighted by atomic mass is 32.1. The standard InChI is InChI=1S/C13H20N6OS/c1-10-11(21-9-15-10)5-7-18(2)13(20)14-6-4-12-17-16-8-19(12)3/h8-9H,4-7H2,1-3H3,(H,14,20). The molecule has 2 rings (SSSR count). The second kappa shape index (κ2) is 7.16. The topological polar surface area (TPSA) is 75.9 Å². The second-order valence-electron chi connectivity index (χ2n) is 4.87. The molecule has 0 saturated heterocycles. The molecule has 1 N–H and O–H groups in total. The zero-order chi connectivity index (χ0) is 15.2. The van der Waals surface area contributed by atoms with Gasteiger partial charge in [0, 0.05) is 44.9 Å². The molecule has 0 aromatic carbocycles. The van der Waals surface area contributed by atoms with E-state index in [9.17, 15) is 4.79 Å². The van der Waals surface area contributed by atoms with Gasteiger partial charge in [-0.25, -0.2) is 9.78 Å². The van der Waals surface area contributed by atoms with Gasteiger partial charge < -0.3 is 14.8 Å². The lowest BCUT2D eigenvalue weighted by molar-refractivity contribution is 0.209. The molecule has 0 aliphatic heterocycles. The molecule has 0 spiro atoms. The molecular weight excluding hydrogens is 288 g/mol. The Morgan fingerprint density at radius 1 is 1.48 bits per heavy atom. The summed E-state index contributed by atoms with van der Waals surface area (Å²) in [5.74, 6) is 0.859. The van der Waals surface area contributed by atoms with Crippen LogP contribution in [0.4, 0.5) is 4.79 Å². The van der Waals surface area contributed by atoms with Gasteiger partial charge in [0.2, 0.25) is 0 Å². The molecule has 0 unspecified atom stereocenters. The van der Waals surface area contributed by atoms with Gasteiger partial charge in [-0.05, 0) is 6.92 Å². The van der Waals surface area contributed by atoms with Crippen LogP contribution in [0.25, 0.3) is 0 Å². The third-order valence-corrected chi connectivity index (χ3v) is 4.29. The minimum absolute atomic E-state index is 0.0701. The molecule has 0 fully saturated rings. The largest absolute Gasteiger partial charge is 0.338 e. The first-order chi connectivity index (χ1) is 10.1. The van der Waals surface area contributed by atoms with Gasteiger partial charge in [-0.3, -0.25) is 0 Å². The number of aryl methyl sites for hydroxylation is 2. The third-order valence-electron chi connectivity index (χ3n) is 3.30. The molecule has 0 radical (unpaired) electrons. The van der Waals surface area contributed by atoms with Crippen molar-refractivity contribution < 1.29 is 4.79 Å². The van der Waals surface area contributed by atoms with Crippen molar-refractivity contribution in [3.63, 3.8) is 0 Å². The molecule has 0 bridgehead atoms. The van der Waals surface area contributed by atoms with Crippen LogP contribution in [0.2, 0.25) is 0 Å². The smallest absolute Gasteiger partial charge is 0.317 e. The summed E-state index contributed by atoms with van der Waals surface area (Å²) < 4.78 is 1.85. The van der Waals surface area contributed by atoms with E-state index < -0.39 is 0 Å². The van der Waals surface area contributed by atoms with Crippen molar-refractivity contribution in [2.75, 3.05) is 20.1 Å². The zero-order valence-electron chi connectivity index (χ0n) is 12.5. The SMILES string of the molecule is Cc1ncsc1CCN(C)C(=O)NCCc1nncn1C. The van der Waals surface area contributed by atoms with Gasteiger partial charge >= 0.3 is 6.03 Å². The molecule has 114 valence electrons. The molecule has 2 heterocycles. The van der Waals surface area contributed by atoms with Crippen molar-refractivity contribution >= 4 is 17.4 Å². The lowest BCUT2D eigenvalue weighted by Crippen LogP contribution is -2.39. The summed E-state index contributed by atoms with van der Waals surface area (Å²) in [6, 6.07) is -0.0701. The Kier molecular flexibility index (Phi) is 5.26. The molecule has 2 aromatic heterocycles. The number of hydrogen-bond donors (Lipinski definition) is 1. The van der Waals surface area contributed by atoms with Crippen molar-refractivity contribution in [2.45, 2.75) is 19.8 Å². The summed E-state index contributed by atoms with van der Waals surface area (Å²) in [6.07, 6.45) is 3.16. The van der Waals surface area contributed by atoms with Crippen molar-refractivity contribution in [3.05, 3.63) is 28.2 Å². The van der Waals surface area contributed by atoms with E-state index in [1.807, 2.05) is 24.0 Å². The van der Waals surface area contributed by atoms with Gasteiger partial charge in [0.1, 0.15) is 12.2 Å². The Balaban J connectivity index is 1.70. The average Bonchev–Trinajstić information content (AvgIpc) is 3.05. The summed E-state index contributed by atoms with van der Waals surface area (Å²) in [4.78, 5) is 19.1. The van der Waals surface area contributed by atoms with Crippen molar-refractivity contribution in [1.29, 1.82) is 0 Å². The lowest BCUT2D eigenvalue weighted by Gasteiger charge is -2.17. The Bertz CT molecular complexity index is 593. The maximum Gasteiger partial charge on any atom is 0.317 e. The maximum absolute atomic E-state index is 12.0. The van der Waals surface area contributed by atoms with Crippen LogP contribution in [0, 0.1) is 6.92 Å². The predicted octanol–water partition coefficient (Wildman–Crippen LogP) is 1.01. The fourth-order valence-corrected chi connectivity index (χ4v) is 2.66. The number of thiazole rings is 1. The van der Waals surface area contributed by atoms with Gasteiger partial charge in [-0.2, -0.15) is 0 Å². The highest BCUT2D eigenvalue weighted by Crippen LogP contribution is 2.12. The highest BCUT2D eigenvalue weighted by Gasteiger charge is 2.10. The Hall–Kier alpha value is -1.96. The van der Waals surface area contributed by atoms with E-state index in [0.29, 0.717) is 19.5 Å². The van der Waals surface area contributed by atoms with Crippen molar-refractivity contribution in [3.8, 4) is 0 Å². The van der Waals surface area contributed by atoms with Crippen LogP contribution >= 0.6 is 11.3 Å². The number of nitrogens with zero attached hydrogens (tertiary/aromatic N) is 5. The molecular formula is C13H20N6OS. The molecule has 0 aliphatic rings. The van der Waals surface area contributed by atoms with E-state index in [2.05, 4.69) is 20.5 Å². The Morgan fingerprint density at radius 2 is 2.29 bits per heavy atom. The number of aromatic nitrogens is 4. The fourth-order valence-electron chi connectivity index (χ4n) is 1.89. The molecule has 2 amide bonds. The molecule has 0 saturated carbocycles. The molecule has 2 aromatic rings. The Morgan fingerprint density at radius 3 is 2.90 bits per heavy atom. The second-order valence-corrected chi connectivity index (χ2v) is 5.81. The normalized spacial score (nSPS) is 10.6. The number of carbonyl (C=O) groups is 1. The van der Waals surface area contributed by atoms with Crippen LogP contribution in [-0.2, 0) is 19.9 Å². The van der Waals surface area contributed by atoms with Crippen molar-refractivity contribution in [2.24, 2.45) is 7.05 Å². The van der Waals surface area contributed by atoms with E-state index in [1.54, 1.807) is 29.6 Å². The monoisotopic (exact) mass is 308 g/mol. The van der Waals surface area contributed by atoms with Gasteiger partial charge in [0.25, 0.3) is 0 Å². The van der Waals surface area contributed by atoms with E-state index in [1.165, 1.54) is 4.88 Å². The first-order valence-corrected chi connectivity index (χ1v) is 7.66. The number of urea groups is 1. The molecule has 0 atom stereocenters. The lowest BCUT2D eigenvalue weighted by atomic mass is 10.3. The quantitative estimate of drug-likeness (QED) is 0.864. The first-order valence-electron chi connectivity index (χ1n) is 6.78. The van der Waals surface area contributed by atoms with Crippen LogP contribution < -0.4 is 5.32 Å². The molecule has 21 heavy (non-hydrogen) atoms. The van der Waals surface area contributed by atoms with Crippen LogP contribution in [0.1, 0.15) is 16.4 Å². The van der Waals surface area contributed by atoms with Crippen LogP contribution in [0.3, 0.4) is 0 Å². The number of carbonyl (C=O) groups excluding carboxylic acids is 1. The minimum atomic E-state index is -0.0701. The number of nitrogens with one attached hydrogen (secondary N) is 1. The maximum atomic E-state index is 12.0. The van der Waals surface area contributed by atoms with Crippen molar-refractivity contribution in [1.82, 2.24) is 30.0 Å². The Labute approximate surface area is 128 Å². The highest BCUT2D eigenvalue weighted by molar-refractivity contribution is 7.09. The van der Waals surface area contributed by atoms with Gasteiger partial charge in [0.15, 0.2) is 0 Å². The van der Waals surface area contributed by atoms with Gasteiger partial charge in [0.05, 0.1) is 11.2 Å². The van der Waals surface area contributed by atoms with Crippen LogP contribution in [0.15, 0.2) is 11.8 Å². The van der Waals surface area contributed by atoms with E-state index in [4.69, 9.17) is 0 Å². The van der Waals surface area contributed by atoms with E-state index in [-0.39, 0.29) is 6.03 Å². The summed E-state index contributed by atoms with van der Waals surface area (Å²) in [7, 11) is 3.69. The minimum Gasteiger partial charge on any atom is -0.338 e. The predicted molar refractivity (Wildman–Crippen MR) is 81.3 cm³/mol. The average molecular weight is 308 g/mol. The van der Waals surface area contributed by atoms with Gasteiger partial charge in [-0.1, -0.05) is 0 Å². The zero-order valence-corrected chi connectivity index (χ0v) is 13.4.